The smallest absolute Gasteiger partial charge is 0.406 e. The first-order chi connectivity index (χ1) is 9.73. The van der Waals surface area contributed by atoms with E-state index >= 15 is 0 Å². The Kier molecular flexibility index (Phi) is 6.29. The number of rotatable bonds is 6. The van der Waals surface area contributed by atoms with Gasteiger partial charge in [-0.05, 0) is 25.1 Å². The van der Waals surface area contributed by atoms with Crippen LogP contribution in [0.4, 0.5) is 13.2 Å². The lowest BCUT2D eigenvalue weighted by molar-refractivity contribution is -0.165. The molecule has 0 aromatic heterocycles. The number of halogens is 4. The summed E-state index contributed by atoms with van der Waals surface area (Å²) < 4.78 is 42.5. The summed E-state index contributed by atoms with van der Waals surface area (Å²) in [4.78, 5) is 12.5. The molecule has 0 spiro atoms. The van der Waals surface area contributed by atoms with E-state index in [0.717, 1.165) is 0 Å². The number of ether oxygens (including phenoxy) is 1. The summed E-state index contributed by atoms with van der Waals surface area (Å²) in [5.41, 5.74) is 0. The number of carbonyl (C=O) groups excluding carboxylic acids is 1. The van der Waals surface area contributed by atoms with Gasteiger partial charge in [-0.15, -0.1) is 0 Å². The number of aliphatic hydroxyl groups is 1. The third-order valence-corrected chi connectivity index (χ3v) is 2.74. The highest BCUT2D eigenvalue weighted by Gasteiger charge is 2.34. The van der Waals surface area contributed by atoms with Crippen LogP contribution in [0.15, 0.2) is 24.3 Å². The Morgan fingerprint density at radius 1 is 1.48 bits per heavy atom. The van der Waals surface area contributed by atoms with Gasteiger partial charge in [0.25, 0.3) is 5.91 Å². The maximum atomic E-state index is 12.4. The molecule has 1 amide bonds. The van der Waals surface area contributed by atoms with Crippen LogP contribution in [0, 0.1) is 0 Å². The summed E-state index contributed by atoms with van der Waals surface area (Å²) in [6, 6.07) is 6.18. The van der Waals surface area contributed by atoms with Gasteiger partial charge in [-0.1, -0.05) is 17.7 Å². The number of hydrogen-bond donors (Lipinski definition) is 1. The number of amides is 1. The molecule has 1 atom stereocenters. The Hall–Kier alpha value is -1.47. The molecule has 0 bridgehead atoms. The Morgan fingerprint density at radius 3 is 2.67 bits per heavy atom. The molecule has 21 heavy (non-hydrogen) atoms. The van der Waals surface area contributed by atoms with Crippen molar-refractivity contribution >= 4 is 17.5 Å². The van der Waals surface area contributed by atoms with Crippen molar-refractivity contribution in [3.63, 3.8) is 0 Å². The first kappa shape index (κ1) is 17.6. The highest BCUT2D eigenvalue weighted by Crippen LogP contribution is 2.20. The predicted molar refractivity (Wildman–Crippen MR) is 71.3 cm³/mol. The van der Waals surface area contributed by atoms with Crippen molar-refractivity contribution in [2.45, 2.75) is 19.2 Å². The molecule has 1 rings (SSSR count). The average Bonchev–Trinajstić information content (AvgIpc) is 2.35. The molecule has 1 unspecified atom stereocenters. The average molecular weight is 326 g/mol. The van der Waals surface area contributed by atoms with Crippen LogP contribution in [0.25, 0.3) is 0 Å². The number of carbonyl (C=O) groups is 1. The highest BCUT2D eigenvalue weighted by atomic mass is 35.5. The minimum absolute atomic E-state index is 0.277. The lowest BCUT2D eigenvalue weighted by atomic mass is 10.3. The SMILES string of the molecule is CC(Oc1cccc(Cl)c1)C(=O)N(CCO)CC(F)(F)F. The fraction of sp³-hybridized carbons (Fsp3) is 0.462. The van der Waals surface area contributed by atoms with Gasteiger partial charge in [0.2, 0.25) is 0 Å². The molecule has 0 heterocycles. The summed E-state index contributed by atoms with van der Waals surface area (Å²) >= 11 is 5.75. The largest absolute Gasteiger partial charge is 0.481 e. The van der Waals surface area contributed by atoms with E-state index in [9.17, 15) is 18.0 Å². The molecule has 8 heteroatoms. The quantitative estimate of drug-likeness (QED) is 0.874. The summed E-state index contributed by atoms with van der Waals surface area (Å²) in [7, 11) is 0. The molecule has 0 fully saturated rings. The van der Waals surface area contributed by atoms with E-state index in [-0.39, 0.29) is 5.75 Å². The fourth-order valence-corrected chi connectivity index (χ4v) is 1.84. The van der Waals surface area contributed by atoms with E-state index in [4.69, 9.17) is 21.4 Å². The molecule has 0 saturated carbocycles. The van der Waals surface area contributed by atoms with Gasteiger partial charge >= 0.3 is 6.18 Å². The fourth-order valence-electron chi connectivity index (χ4n) is 1.66. The van der Waals surface area contributed by atoms with Crippen LogP contribution >= 0.6 is 11.6 Å². The van der Waals surface area contributed by atoms with Gasteiger partial charge in [-0.2, -0.15) is 13.2 Å². The van der Waals surface area contributed by atoms with Crippen LogP contribution < -0.4 is 4.74 Å². The van der Waals surface area contributed by atoms with Crippen LogP contribution in [-0.4, -0.2) is 47.9 Å². The summed E-state index contributed by atoms with van der Waals surface area (Å²) in [6.45, 7) is -1.08. The maximum absolute atomic E-state index is 12.4. The molecule has 0 radical (unpaired) electrons. The molecule has 118 valence electrons. The van der Waals surface area contributed by atoms with Crippen molar-refractivity contribution in [3.8, 4) is 5.75 Å². The maximum Gasteiger partial charge on any atom is 0.406 e. The van der Waals surface area contributed by atoms with Crippen molar-refractivity contribution < 1.29 is 27.8 Å². The third kappa shape index (κ3) is 6.22. The molecule has 0 saturated heterocycles. The van der Waals surface area contributed by atoms with E-state index in [1.807, 2.05) is 0 Å². The molecule has 1 aromatic rings. The second kappa shape index (κ2) is 7.51. The summed E-state index contributed by atoms with van der Waals surface area (Å²) in [5.74, 6) is -0.583. The van der Waals surface area contributed by atoms with E-state index in [1.54, 1.807) is 12.1 Å². The van der Waals surface area contributed by atoms with E-state index in [1.165, 1.54) is 19.1 Å². The minimum atomic E-state index is -4.54. The lowest BCUT2D eigenvalue weighted by Gasteiger charge is -2.26. The molecule has 0 aliphatic rings. The molecule has 0 aliphatic heterocycles. The first-order valence-electron chi connectivity index (χ1n) is 6.11. The monoisotopic (exact) mass is 325 g/mol. The third-order valence-electron chi connectivity index (χ3n) is 2.51. The Morgan fingerprint density at radius 2 is 2.14 bits per heavy atom. The van der Waals surface area contributed by atoms with E-state index < -0.39 is 37.9 Å². The second-order valence-corrected chi connectivity index (χ2v) is 4.75. The molecular weight excluding hydrogens is 311 g/mol. The minimum Gasteiger partial charge on any atom is -0.481 e. The normalized spacial score (nSPS) is 12.9. The second-order valence-electron chi connectivity index (χ2n) is 4.32. The molecular formula is C13H15ClF3NO3. The van der Waals surface area contributed by atoms with Gasteiger partial charge in [0, 0.05) is 11.6 Å². The van der Waals surface area contributed by atoms with Crippen LogP contribution in [0.5, 0.6) is 5.75 Å². The van der Waals surface area contributed by atoms with Crippen molar-refractivity contribution in [2.24, 2.45) is 0 Å². The standard InChI is InChI=1S/C13H15ClF3NO3/c1-9(21-11-4-2-3-10(14)7-11)12(20)18(5-6-19)8-13(15,16)17/h2-4,7,9,19H,5-6,8H2,1H3. The van der Waals surface area contributed by atoms with Crippen molar-refractivity contribution in [3.05, 3.63) is 29.3 Å². The zero-order valence-corrected chi connectivity index (χ0v) is 12.0. The Labute approximate surface area is 125 Å². The lowest BCUT2D eigenvalue weighted by Crippen LogP contribution is -2.46. The van der Waals surface area contributed by atoms with Gasteiger partial charge in [0.15, 0.2) is 6.10 Å². The zero-order valence-electron chi connectivity index (χ0n) is 11.2. The van der Waals surface area contributed by atoms with Gasteiger partial charge in [0.1, 0.15) is 12.3 Å². The van der Waals surface area contributed by atoms with Crippen molar-refractivity contribution in [1.29, 1.82) is 0 Å². The molecule has 1 aromatic carbocycles. The Bertz CT molecular complexity index is 482. The Balaban J connectivity index is 2.73. The van der Waals surface area contributed by atoms with E-state index in [0.29, 0.717) is 9.92 Å². The van der Waals surface area contributed by atoms with Gasteiger partial charge in [-0.25, -0.2) is 0 Å². The van der Waals surface area contributed by atoms with Crippen LogP contribution in [0.3, 0.4) is 0 Å². The molecule has 0 aliphatic carbocycles. The van der Waals surface area contributed by atoms with Gasteiger partial charge < -0.3 is 14.7 Å². The zero-order chi connectivity index (χ0) is 16.0. The first-order valence-corrected chi connectivity index (χ1v) is 6.49. The van der Waals surface area contributed by atoms with Crippen LogP contribution in [0.1, 0.15) is 6.92 Å². The van der Waals surface area contributed by atoms with Crippen LogP contribution in [-0.2, 0) is 4.79 Å². The van der Waals surface area contributed by atoms with Crippen LogP contribution in [0.2, 0.25) is 5.02 Å². The highest BCUT2D eigenvalue weighted by molar-refractivity contribution is 6.30. The summed E-state index contributed by atoms with van der Waals surface area (Å²) in [6.07, 6.45) is -5.67. The number of hydrogen-bond acceptors (Lipinski definition) is 3. The van der Waals surface area contributed by atoms with Gasteiger partial charge in [0.05, 0.1) is 6.61 Å². The van der Waals surface area contributed by atoms with Gasteiger partial charge in [-0.3, -0.25) is 4.79 Å². The number of aliphatic hydroxyl groups excluding tert-OH is 1. The number of benzene rings is 1. The molecule has 1 N–H and O–H groups in total. The van der Waals surface area contributed by atoms with Crippen molar-refractivity contribution in [2.75, 3.05) is 19.7 Å². The topological polar surface area (TPSA) is 49.8 Å². The molecule has 4 nitrogen and oxygen atoms in total. The number of nitrogens with zero attached hydrogens (tertiary/aromatic N) is 1. The predicted octanol–water partition coefficient (Wildman–Crippen LogP) is 2.49. The van der Waals surface area contributed by atoms with Crippen molar-refractivity contribution in [1.82, 2.24) is 4.90 Å². The summed E-state index contributed by atoms with van der Waals surface area (Å²) in [5, 5.41) is 9.15. The van der Waals surface area contributed by atoms with E-state index in [2.05, 4.69) is 0 Å². The number of alkyl halides is 3.